The van der Waals surface area contributed by atoms with Gasteiger partial charge in [0.05, 0.1) is 25.5 Å². The monoisotopic (exact) mass is 296 g/mol. The van der Waals surface area contributed by atoms with Gasteiger partial charge in [-0.15, -0.1) is 17.4 Å². The smallest absolute Gasteiger partial charge is 0.319 e. The van der Waals surface area contributed by atoms with Gasteiger partial charge in [0.25, 0.3) is 0 Å². The zero-order valence-corrected chi connectivity index (χ0v) is 12.7. The Morgan fingerprint density at radius 3 is 2.73 bits per heavy atom. The van der Waals surface area contributed by atoms with Crippen LogP contribution in [0.15, 0.2) is 12.3 Å². The summed E-state index contributed by atoms with van der Waals surface area (Å²) in [5, 5.41) is 8.47. The first-order valence-corrected chi connectivity index (χ1v) is 6.93. The van der Waals surface area contributed by atoms with Gasteiger partial charge in [-0.25, -0.2) is 4.98 Å². The number of aryl methyl sites for hydroxylation is 1. The van der Waals surface area contributed by atoms with E-state index in [2.05, 4.69) is 26.1 Å². The second-order valence-electron chi connectivity index (χ2n) is 5.17. The van der Waals surface area contributed by atoms with Crippen molar-refractivity contribution >= 4 is 0 Å². The highest BCUT2D eigenvalue weighted by Gasteiger charge is 2.38. The van der Waals surface area contributed by atoms with E-state index >= 15 is 0 Å². The van der Waals surface area contributed by atoms with Crippen LogP contribution in [0.25, 0.3) is 11.3 Å². The first kappa shape index (κ1) is 14.3. The molecule has 0 radical (unpaired) electrons. The first-order valence-electron chi connectivity index (χ1n) is 6.93. The summed E-state index contributed by atoms with van der Waals surface area (Å²) in [5.74, 6) is 3.86. The predicted molar refractivity (Wildman–Crippen MR) is 80.6 cm³/mol. The van der Waals surface area contributed by atoms with E-state index in [1.807, 2.05) is 13.0 Å². The fourth-order valence-electron chi connectivity index (χ4n) is 2.48. The van der Waals surface area contributed by atoms with Gasteiger partial charge in [-0.3, -0.25) is 0 Å². The highest BCUT2D eigenvalue weighted by molar-refractivity contribution is 5.65. The fraction of sp³-hybridized carbons (Fsp3) is 0.375. The Balaban J connectivity index is 2.02. The second kappa shape index (κ2) is 5.60. The Bertz CT molecular complexity index is 754. The van der Waals surface area contributed by atoms with E-state index in [9.17, 15) is 0 Å². The van der Waals surface area contributed by atoms with Gasteiger partial charge in [0, 0.05) is 18.0 Å². The molecule has 112 valence electrons. The zero-order valence-electron chi connectivity index (χ0n) is 12.7. The number of hydrogen-bond acceptors (Lipinski definition) is 6. The molecule has 2 unspecified atom stereocenters. The van der Waals surface area contributed by atoms with Crippen molar-refractivity contribution in [2.45, 2.75) is 19.3 Å². The Morgan fingerprint density at radius 2 is 2.09 bits per heavy atom. The van der Waals surface area contributed by atoms with Crippen LogP contribution in [0.4, 0.5) is 0 Å². The average molecular weight is 296 g/mol. The highest BCUT2D eigenvalue weighted by Crippen LogP contribution is 2.48. The van der Waals surface area contributed by atoms with E-state index in [-0.39, 0.29) is 6.01 Å². The predicted octanol–water partition coefficient (Wildman–Crippen LogP) is 2.00. The molecule has 0 aromatic carbocycles. The third-order valence-electron chi connectivity index (χ3n) is 3.81. The van der Waals surface area contributed by atoms with Gasteiger partial charge in [0.15, 0.2) is 0 Å². The fourth-order valence-corrected chi connectivity index (χ4v) is 2.48. The molecule has 2 aromatic heterocycles. The molecule has 0 N–H and O–H groups in total. The van der Waals surface area contributed by atoms with Gasteiger partial charge in [-0.2, -0.15) is 10.1 Å². The molecular weight excluding hydrogens is 280 g/mol. The molecule has 1 saturated carbocycles. The number of ether oxygens (including phenoxy) is 2. The van der Waals surface area contributed by atoms with Crippen LogP contribution in [0.2, 0.25) is 0 Å². The average Bonchev–Trinajstić information content (AvgIpc) is 3.34. The van der Waals surface area contributed by atoms with E-state index in [4.69, 9.17) is 15.9 Å². The molecule has 0 spiro atoms. The summed E-state index contributed by atoms with van der Waals surface area (Å²) < 4.78 is 10.3. The Labute approximate surface area is 128 Å². The van der Waals surface area contributed by atoms with Crippen LogP contribution in [-0.4, -0.2) is 34.4 Å². The molecule has 0 bridgehead atoms. The molecule has 22 heavy (non-hydrogen) atoms. The summed E-state index contributed by atoms with van der Waals surface area (Å²) in [4.78, 5) is 8.29. The number of rotatable bonds is 4. The van der Waals surface area contributed by atoms with Crippen molar-refractivity contribution in [3.8, 4) is 35.5 Å². The van der Waals surface area contributed by atoms with Crippen molar-refractivity contribution in [3.05, 3.63) is 23.5 Å². The summed E-state index contributed by atoms with van der Waals surface area (Å²) in [6.07, 6.45) is 8.12. The maximum atomic E-state index is 5.50. The molecule has 3 rings (SSSR count). The summed E-state index contributed by atoms with van der Waals surface area (Å²) >= 11 is 0. The van der Waals surface area contributed by atoms with Crippen LogP contribution in [0.5, 0.6) is 11.9 Å². The van der Waals surface area contributed by atoms with Gasteiger partial charge in [0.2, 0.25) is 5.88 Å². The van der Waals surface area contributed by atoms with Gasteiger partial charge in [-0.05, 0) is 25.0 Å². The second-order valence-corrected chi connectivity index (χ2v) is 5.17. The summed E-state index contributed by atoms with van der Waals surface area (Å²) in [5.41, 5.74) is 3.38. The largest absolute Gasteiger partial charge is 0.480 e. The molecule has 2 heterocycles. The van der Waals surface area contributed by atoms with Crippen molar-refractivity contribution in [2.75, 3.05) is 14.2 Å². The lowest BCUT2D eigenvalue weighted by molar-refractivity contribution is 0.353. The van der Waals surface area contributed by atoms with Crippen molar-refractivity contribution in [3.63, 3.8) is 0 Å². The molecular formula is C16H16N4O2. The molecule has 1 fully saturated rings. The quantitative estimate of drug-likeness (QED) is 0.804. The minimum Gasteiger partial charge on any atom is -0.480 e. The van der Waals surface area contributed by atoms with Gasteiger partial charge >= 0.3 is 6.01 Å². The van der Waals surface area contributed by atoms with E-state index < -0.39 is 0 Å². The van der Waals surface area contributed by atoms with Gasteiger partial charge < -0.3 is 9.47 Å². The normalized spacial score (nSPS) is 19.4. The lowest BCUT2D eigenvalue weighted by Crippen LogP contribution is -2.01. The number of aromatic nitrogens is 4. The summed E-state index contributed by atoms with van der Waals surface area (Å²) in [6, 6.07) is 2.24. The van der Waals surface area contributed by atoms with Crippen LogP contribution in [0.1, 0.15) is 23.6 Å². The molecule has 6 heteroatoms. The summed E-state index contributed by atoms with van der Waals surface area (Å²) in [7, 11) is 3.05. The van der Waals surface area contributed by atoms with Gasteiger partial charge in [-0.1, -0.05) is 0 Å². The molecule has 0 aliphatic heterocycles. The third-order valence-corrected chi connectivity index (χ3v) is 3.81. The SMILES string of the molecule is C#CC1CC1c1cc(-c2cnc(OC)nc2OC)nnc1C. The van der Waals surface area contributed by atoms with Crippen LogP contribution in [0, 0.1) is 25.2 Å². The maximum Gasteiger partial charge on any atom is 0.319 e. The molecule has 2 atom stereocenters. The van der Waals surface area contributed by atoms with Crippen molar-refractivity contribution in [1.29, 1.82) is 0 Å². The molecule has 6 nitrogen and oxygen atoms in total. The number of hydrogen-bond donors (Lipinski definition) is 0. The molecule has 0 amide bonds. The Hall–Kier alpha value is -2.68. The molecule has 0 saturated heterocycles. The first-order chi connectivity index (χ1) is 10.7. The Morgan fingerprint density at radius 1 is 1.27 bits per heavy atom. The van der Waals surface area contributed by atoms with E-state index in [0.717, 1.165) is 17.7 Å². The third kappa shape index (κ3) is 2.46. The van der Waals surface area contributed by atoms with E-state index in [1.54, 1.807) is 13.3 Å². The number of methoxy groups -OCH3 is 2. The topological polar surface area (TPSA) is 70.0 Å². The van der Waals surface area contributed by atoms with Crippen LogP contribution in [-0.2, 0) is 0 Å². The van der Waals surface area contributed by atoms with Crippen LogP contribution >= 0.6 is 0 Å². The van der Waals surface area contributed by atoms with Crippen LogP contribution in [0.3, 0.4) is 0 Å². The zero-order chi connectivity index (χ0) is 15.7. The Kier molecular flexibility index (Phi) is 3.63. The van der Waals surface area contributed by atoms with Crippen LogP contribution < -0.4 is 9.47 Å². The number of nitrogens with zero attached hydrogens (tertiary/aromatic N) is 4. The van der Waals surface area contributed by atoms with E-state index in [0.29, 0.717) is 29.0 Å². The standard InChI is InChI=1S/C16H16N4O2/c1-5-10-6-12(10)11-7-14(20-19-9(11)2)13-8-17-16(22-4)18-15(13)21-3/h1,7-8,10,12H,6H2,2-4H3. The minimum atomic E-state index is 0.246. The maximum absolute atomic E-state index is 5.50. The van der Waals surface area contributed by atoms with Crippen molar-refractivity contribution in [1.82, 2.24) is 20.2 Å². The number of terminal acetylenes is 1. The minimum absolute atomic E-state index is 0.246. The highest BCUT2D eigenvalue weighted by atomic mass is 16.5. The molecule has 1 aliphatic rings. The lowest BCUT2D eigenvalue weighted by atomic mass is 10.1. The van der Waals surface area contributed by atoms with Gasteiger partial charge in [0.1, 0.15) is 5.69 Å². The van der Waals surface area contributed by atoms with E-state index in [1.165, 1.54) is 7.11 Å². The van der Waals surface area contributed by atoms with Crippen molar-refractivity contribution < 1.29 is 9.47 Å². The molecule has 1 aliphatic carbocycles. The van der Waals surface area contributed by atoms with Crippen molar-refractivity contribution in [2.24, 2.45) is 5.92 Å². The lowest BCUT2D eigenvalue weighted by Gasteiger charge is -2.09. The summed E-state index contributed by atoms with van der Waals surface area (Å²) in [6.45, 7) is 1.94. The molecule has 2 aromatic rings.